The van der Waals surface area contributed by atoms with Crippen LogP contribution in [0.4, 0.5) is 20.4 Å². The van der Waals surface area contributed by atoms with Gasteiger partial charge in [0, 0.05) is 26.3 Å². The third-order valence-corrected chi connectivity index (χ3v) is 2.54. The Morgan fingerprint density at radius 3 is 2.47 bits per heavy atom. The quantitative estimate of drug-likeness (QED) is 0.764. The minimum absolute atomic E-state index is 0.0583. The number of ether oxygens (including phenoxy) is 1. The summed E-state index contributed by atoms with van der Waals surface area (Å²) in [5, 5.41) is 5.69. The summed E-state index contributed by atoms with van der Waals surface area (Å²) in [5.41, 5.74) is 0. The zero-order valence-electron chi connectivity index (χ0n) is 11.6. The van der Waals surface area contributed by atoms with Crippen LogP contribution in [0, 0.1) is 17.6 Å². The Hall–Kier alpha value is -1.43. The first-order valence-corrected chi connectivity index (χ1v) is 6.41. The van der Waals surface area contributed by atoms with Crippen LogP contribution in [0.5, 0.6) is 0 Å². The molecule has 0 fully saturated rings. The minimum atomic E-state index is -0.691. The van der Waals surface area contributed by atoms with Gasteiger partial charge in [0.1, 0.15) is 0 Å². The smallest absolute Gasteiger partial charge is 0.168 e. The Labute approximate surface area is 112 Å². The molecule has 0 aliphatic carbocycles. The molecule has 1 heterocycles. The molecule has 0 bridgehead atoms. The third kappa shape index (κ3) is 4.98. The Kier molecular flexibility index (Phi) is 6.49. The molecule has 0 radical (unpaired) electrons. The summed E-state index contributed by atoms with van der Waals surface area (Å²) in [6.07, 6.45) is 0.839. The SMILES string of the molecule is CCCNc1nc(NCC(C)COC)c(F)cc1F. The lowest BCUT2D eigenvalue weighted by molar-refractivity contribution is 0.164. The molecule has 0 spiro atoms. The second kappa shape index (κ2) is 7.89. The van der Waals surface area contributed by atoms with Crippen molar-refractivity contribution in [2.24, 2.45) is 5.92 Å². The normalized spacial score (nSPS) is 12.3. The lowest BCUT2D eigenvalue weighted by Gasteiger charge is -2.14. The van der Waals surface area contributed by atoms with Gasteiger partial charge in [-0.3, -0.25) is 0 Å². The van der Waals surface area contributed by atoms with E-state index in [2.05, 4.69) is 15.6 Å². The topological polar surface area (TPSA) is 46.2 Å². The summed E-state index contributed by atoms with van der Waals surface area (Å²) in [6, 6.07) is 0.842. The van der Waals surface area contributed by atoms with E-state index < -0.39 is 11.6 Å². The first-order valence-electron chi connectivity index (χ1n) is 6.41. The number of anilines is 2. The summed E-state index contributed by atoms with van der Waals surface area (Å²) in [6.45, 7) is 5.59. The van der Waals surface area contributed by atoms with Gasteiger partial charge in [0.25, 0.3) is 0 Å². The standard InChI is InChI=1S/C13H21F2N3O/c1-4-5-16-12-10(14)6-11(15)13(18-12)17-7-9(2)8-19-3/h6,9H,4-5,7-8H2,1-3H3,(H2,16,17,18). The number of nitrogens with zero attached hydrogens (tertiary/aromatic N) is 1. The maximum absolute atomic E-state index is 13.6. The summed E-state index contributed by atoms with van der Waals surface area (Å²) >= 11 is 0. The monoisotopic (exact) mass is 273 g/mol. The number of rotatable bonds is 8. The van der Waals surface area contributed by atoms with Crippen molar-refractivity contribution in [1.82, 2.24) is 4.98 Å². The number of hydrogen-bond acceptors (Lipinski definition) is 4. The van der Waals surface area contributed by atoms with E-state index in [1.54, 1.807) is 7.11 Å². The van der Waals surface area contributed by atoms with Gasteiger partial charge < -0.3 is 15.4 Å². The van der Waals surface area contributed by atoms with Crippen LogP contribution in [0.2, 0.25) is 0 Å². The van der Waals surface area contributed by atoms with Crippen LogP contribution in [0.25, 0.3) is 0 Å². The minimum Gasteiger partial charge on any atom is -0.384 e. The van der Waals surface area contributed by atoms with Crippen molar-refractivity contribution < 1.29 is 13.5 Å². The summed E-state index contributed by atoms with van der Waals surface area (Å²) in [7, 11) is 1.61. The van der Waals surface area contributed by atoms with Gasteiger partial charge in [-0.05, 0) is 12.3 Å². The number of methoxy groups -OCH3 is 1. The predicted molar refractivity (Wildman–Crippen MR) is 72.5 cm³/mol. The molecular formula is C13H21F2N3O. The molecule has 0 aliphatic rings. The van der Waals surface area contributed by atoms with E-state index in [1.807, 2.05) is 13.8 Å². The highest BCUT2D eigenvalue weighted by Gasteiger charge is 2.12. The molecule has 1 atom stereocenters. The van der Waals surface area contributed by atoms with Gasteiger partial charge in [-0.15, -0.1) is 0 Å². The van der Waals surface area contributed by atoms with E-state index >= 15 is 0 Å². The van der Waals surface area contributed by atoms with Crippen LogP contribution >= 0.6 is 0 Å². The molecule has 0 saturated carbocycles. The fraction of sp³-hybridized carbons (Fsp3) is 0.615. The van der Waals surface area contributed by atoms with E-state index in [9.17, 15) is 8.78 Å². The average Bonchev–Trinajstić information content (AvgIpc) is 2.37. The highest BCUT2D eigenvalue weighted by atomic mass is 19.1. The zero-order valence-corrected chi connectivity index (χ0v) is 11.6. The van der Waals surface area contributed by atoms with Crippen molar-refractivity contribution in [3.05, 3.63) is 17.7 Å². The Balaban J connectivity index is 2.71. The molecular weight excluding hydrogens is 252 g/mol. The average molecular weight is 273 g/mol. The number of pyridine rings is 1. The molecule has 2 N–H and O–H groups in total. The van der Waals surface area contributed by atoms with Gasteiger partial charge in [0.15, 0.2) is 23.3 Å². The molecule has 0 aromatic carbocycles. The van der Waals surface area contributed by atoms with Gasteiger partial charge in [-0.2, -0.15) is 0 Å². The maximum Gasteiger partial charge on any atom is 0.168 e. The van der Waals surface area contributed by atoms with Gasteiger partial charge in [0.05, 0.1) is 6.61 Å². The molecule has 19 heavy (non-hydrogen) atoms. The molecule has 1 unspecified atom stereocenters. The first-order chi connectivity index (χ1) is 9.08. The number of aromatic nitrogens is 1. The van der Waals surface area contributed by atoms with Crippen molar-refractivity contribution in [2.45, 2.75) is 20.3 Å². The van der Waals surface area contributed by atoms with E-state index in [-0.39, 0.29) is 17.6 Å². The summed E-state index contributed by atoms with van der Waals surface area (Å²) < 4.78 is 32.0. The van der Waals surface area contributed by atoms with E-state index in [1.165, 1.54) is 0 Å². The zero-order chi connectivity index (χ0) is 14.3. The van der Waals surface area contributed by atoms with Crippen LogP contribution in [0.15, 0.2) is 6.07 Å². The number of nitrogens with one attached hydrogen (secondary N) is 2. The fourth-order valence-electron chi connectivity index (χ4n) is 1.57. The molecule has 108 valence electrons. The second-order valence-electron chi connectivity index (χ2n) is 4.52. The molecule has 4 nitrogen and oxygen atoms in total. The van der Waals surface area contributed by atoms with Crippen LogP contribution in [0.3, 0.4) is 0 Å². The second-order valence-corrected chi connectivity index (χ2v) is 4.52. The first kappa shape index (κ1) is 15.6. The Bertz CT molecular complexity index is 402. The fourth-order valence-corrected chi connectivity index (χ4v) is 1.57. The van der Waals surface area contributed by atoms with E-state index in [0.717, 1.165) is 12.5 Å². The van der Waals surface area contributed by atoms with Crippen LogP contribution in [0.1, 0.15) is 20.3 Å². The summed E-state index contributed by atoms with van der Waals surface area (Å²) in [4.78, 5) is 3.93. The van der Waals surface area contributed by atoms with E-state index in [4.69, 9.17) is 4.74 Å². The summed E-state index contributed by atoms with van der Waals surface area (Å²) in [5.74, 6) is -1.03. The van der Waals surface area contributed by atoms with Crippen LogP contribution in [-0.4, -0.2) is 31.8 Å². The highest BCUT2D eigenvalue weighted by molar-refractivity contribution is 5.47. The van der Waals surface area contributed by atoms with Crippen LogP contribution in [-0.2, 0) is 4.74 Å². The van der Waals surface area contributed by atoms with Gasteiger partial charge in [-0.1, -0.05) is 13.8 Å². The number of hydrogen-bond donors (Lipinski definition) is 2. The maximum atomic E-state index is 13.6. The third-order valence-electron chi connectivity index (χ3n) is 2.54. The number of halogens is 2. The van der Waals surface area contributed by atoms with Crippen LogP contribution < -0.4 is 10.6 Å². The molecule has 0 amide bonds. The van der Waals surface area contributed by atoms with Gasteiger partial charge >= 0.3 is 0 Å². The molecule has 1 aromatic heterocycles. The molecule has 0 saturated heterocycles. The van der Waals surface area contributed by atoms with Crippen molar-refractivity contribution in [1.29, 1.82) is 0 Å². The Morgan fingerprint density at radius 1 is 1.26 bits per heavy atom. The van der Waals surface area contributed by atoms with Crippen molar-refractivity contribution in [3.8, 4) is 0 Å². The van der Waals surface area contributed by atoms with Gasteiger partial charge in [-0.25, -0.2) is 13.8 Å². The predicted octanol–water partition coefficient (Wildman–Crippen LogP) is 2.88. The van der Waals surface area contributed by atoms with Crippen molar-refractivity contribution >= 4 is 11.6 Å². The van der Waals surface area contributed by atoms with E-state index in [0.29, 0.717) is 19.7 Å². The molecule has 1 aromatic rings. The Morgan fingerprint density at radius 2 is 1.89 bits per heavy atom. The lowest BCUT2D eigenvalue weighted by atomic mass is 10.2. The van der Waals surface area contributed by atoms with Crippen molar-refractivity contribution in [2.75, 3.05) is 37.4 Å². The van der Waals surface area contributed by atoms with Crippen molar-refractivity contribution in [3.63, 3.8) is 0 Å². The largest absolute Gasteiger partial charge is 0.384 e. The van der Waals surface area contributed by atoms with Gasteiger partial charge in [0.2, 0.25) is 0 Å². The molecule has 1 rings (SSSR count). The highest BCUT2D eigenvalue weighted by Crippen LogP contribution is 2.19. The lowest BCUT2D eigenvalue weighted by Crippen LogP contribution is -2.18. The molecule has 0 aliphatic heterocycles. The molecule has 6 heteroatoms.